The van der Waals surface area contributed by atoms with Gasteiger partial charge in [0.1, 0.15) is 0 Å². The lowest BCUT2D eigenvalue weighted by Gasteiger charge is -2.34. The molecule has 1 heterocycles. The maximum absolute atomic E-state index is 12.7. The molecule has 0 saturated carbocycles. The van der Waals surface area contributed by atoms with E-state index < -0.39 is 0 Å². The Morgan fingerprint density at radius 1 is 1.14 bits per heavy atom. The van der Waals surface area contributed by atoms with Crippen molar-refractivity contribution in [1.29, 1.82) is 0 Å². The van der Waals surface area contributed by atoms with Crippen LogP contribution in [0.25, 0.3) is 0 Å². The molecule has 0 aliphatic carbocycles. The first kappa shape index (κ1) is 16.5. The Bertz CT molecular complexity index is 493. The molecule has 0 atom stereocenters. The van der Waals surface area contributed by atoms with Gasteiger partial charge < -0.3 is 9.80 Å². The van der Waals surface area contributed by atoms with E-state index in [9.17, 15) is 9.59 Å². The van der Waals surface area contributed by atoms with E-state index in [0.717, 1.165) is 24.9 Å². The Labute approximate surface area is 133 Å². The number of hydrogen-bond acceptors (Lipinski definition) is 2. The molecule has 0 N–H and O–H groups in total. The Morgan fingerprint density at radius 2 is 1.77 bits per heavy atom. The van der Waals surface area contributed by atoms with Gasteiger partial charge in [0.15, 0.2) is 0 Å². The molecular formula is C18H26N2O2. The molecule has 0 radical (unpaired) electrons. The number of piperidine rings is 1. The summed E-state index contributed by atoms with van der Waals surface area (Å²) in [5.41, 5.74) is 1.16. The molecule has 0 aromatic heterocycles. The predicted molar refractivity (Wildman–Crippen MR) is 87.1 cm³/mol. The number of rotatable bonds is 5. The van der Waals surface area contributed by atoms with Crippen molar-refractivity contribution in [2.75, 3.05) is 19.6 Å². The van der Waals surface area contributed by atoms with Crippen LogP contribution in [0.5, 0.6) is 0 Å². The molecule has 4 nitrogen and oxygen atoms in total. The minimum absolute atomic E-state index is 0.0598. The fraction of sp³-hybridized carbons (Fsp3) is 0.556. The SMILES string of the molecule is CCC(=O)N1CCC(C(=O)N(CC)Cc2ccccc2)CC1. The van der Waals surface area contributed by atoms with Gasteiger partial charge in [0, 0.05) is 38.5 Å². The van der Waals surface area contributed by atoms with Crippen molar-refractivity contribution in [3.05, 3.63) is 35.9 Å². The molecular weight excluding hydrogens is 276 g/mol. The summed E-state index contributed by atoms with van der Waals surface area (Å²) in [6.45, 7) is 6.74. The summed E-state index contributed by atoms with van der Waals surface area (Å²) < 4.78 is 0. The third-order valence-corrected chi connectivity index (χ3v) is 4.41. The molecule has 1 fully saturated rings. The third kappa shape index (κ3) is 4.09. The third-order valence-electron chi connectivity index (χ3n) is 4.41. The molecule has 1 aromatic carbocycles. The second-order valence-electron chi connectivity index (χ2n) is 5.85. The molecule has 22 heavy (non-hydrogen) atoms. The van der Waals surface area contributed by atoms with Crippen molar-refractivity contribution >= 4 is 11.8 Å². The number of hydrogen-bond donors (Lipinski definition) is 0. The first-order valence-corrected chi connectivity index (χ1v) is 8.26. The second-order valence-corrected chi connectivity index (χ2v) is 5.85. The fourth-order valence-electron chi connectivity index (χ4n) is 3.01. The van der Waals surface area contributed by atoms with Gasteiger partial charge in [-0.2, -0.15) is 0 Å². The molecule has 1 aliphatic heterocycles. The Balaban J connectivity index is 1.91. The Hall–Kier alpha value is -1.84. The molecule has 1 saturated heterocycles. The summed E-state index contributed by atoms with van der Waals surface area (Å²) >= 11 is 0. The van der Waals surface area contributed by atoms with E-state index in [2.05, 4.69) is 12.1 Å². The molecule has 1 aromatic rings. The number of amides is 2. The van der Waals surface area contributed by atoms with Gasteiger partial charge in [-0.25, -0.2) is 0 Å². The van der Waals surface area contributed by atoms with Crippen LogP contribution in [0.4, 0.5) is 0 Å². The summed E-state index contributed by atoms with van der Waals surface area (Å²) in [4.78, 5) is 28.2. The van der Waals surface area contributed by atoms with Gasteiger partial charge >= 0.3 is 0 Å². The van der Waals surface area contributed by atoms with Crippen LogP contribution in [0.2, 0.25) is 0 Å². The molecule has 2 amide bonds. The second kappa shape index (κ2) is 7.97. The van der Waals surface area contributed by atoms with Crippen molar-refractivity contribution in [2.45, 2.75) is 39.7 Å². The largest absolute Gasteiger partial charge is 0.343 e. The standard InChI is InChI=1S/C18H26N2O2/c1-3-17(21)20-12-10-16(11-13-20)18(22)19(4-2)14-15-8-6-5-7-9-15/h5-9,16H,3-4,10-14H2,1-2H3. The average Bonchev–Trinajstić information content (AvgIpc) is 2.59. The highest BCUT2D eigenvalue weighted by atomic mass is 16.2. The Kier molecular flexibility index (Phi) is 5.99. The van der Waals surface area contributed by atoms with E-state index in [0.29, 0.717) is 26.1 Å². The van der Waals surface area contributed by atoms with Crippen LogP contribution in [0, 0.1) is 5.92 Å². The minimum atomic E-state index is 0.0598. The quantitative estimate of drug-likeness (QED) is 0.839. The van der Waals surface area contributed by atoms with Gasteiger partial charge in [0.25, 0.3) is 0 Å². The Morgan fingerprint density at radius 3 is 2.32 bits per heavy atom. The van der Waals surface area contributed by atoms with Crippen LogP contribution in [0.3, 0.4) is 0 Å². The highest BCUT2D eigenvalue weighted by molar-refractivity contribution is 5.80. The van der Waals surface area contributed by atoms with Gasteiger partial charge in [-0.1, -0.05) is 37.3 Å². The topological polar surface area (TPSA) is 40.6 Å². The highest BCUT2D eigenvalue weighted by Gasteiger charge is 2.29. The van der Waals surface area contributed by atoms with Gasteiger partial charge in [-0.3, -0.25) is 9.59 Å². The predicted octanol–water partition coefficient (Wildman–Crippen LogP) is 2.68. The normalized spacial score (nSPS) is 15.6. The van der Waals surface area contributed by atoms with E-state index in [1.807, 2.05) is 41.8 Å². The van der Waals surface area contributed by atoms with Gasteiger partial charge in [-0.15, -0.1) is 0 Å². The van der Waals surface area contributed by atoms with Crippen molar-refractivity contribution < 1.29 is 9.59 Å². The summed E-state index contributed by atoms with van der Waals surface area (Å²) in [6, 6.07) is 10.1. The molecule has 2 rings (SSSR count). The van der Waals surface area contributed by atoms with Crippen LogP contribution < -0.4 is 0 Å². The average molecular weight is 302 g/mol. The number of carbonyl (C=O) groups excluding carboxylic acids is 2. The minimum Gasteiger partial charge on any atom is -0.343 e. The molecule has 0 bridgehead atoms. The fourth-order valence-corrected chi connectivity index (χ4v) is 3.01. The summed E-state index contributed by atoms with van der Waals surface area (Å²) in [7, 11) is 0. The monoisotopic (exact) mass is 302 g/mol. The lowest BCUT2D eigenvalue weighted by molar-refractivity contribution is -0.141. The number of nitrogens with zero attached hydrogens (tertiary/aromatic N) is 2. The van der Waals surface area contributed by atoms with E-state index in [1.54, 1.807) is 0 Å². The van der Waals surface area contributed by atoms with Crippen LogP contribution in [-0.4, -0.2) is 41.2 Å². The number of likely N-dealkylation sites (tertiary alicyclic amines) is 1. The van der Waals surface area contributed by atoms with Crippen molar-refractivity contribution in [1.82, 2.24) is 9.80 Å². The highest BCUT2D eigenvalue weighted by Crippen LogP contribution is 2.21. The molecule has 0 unspecified atom stereocenters. The first-order chi connectivity index (χ1) is 10.7. The first-order valence-electron chi connectivity index (χ1n) is 8.26. The van der Waals surface area contributed by atoms with Crippen molar-refractivity contribution in [3.8, 4) is 0 Å². The van der Waals surface area contributed by atoms with Crippen LogP contribution in [0.15, 0.2) is 30.3 Å². The van der Waals surface area contributed by atoms with E-state index in [4.69, 9.17) is 0 Å². The number of benzene rings is 1. The maximum Gasteiger partial charge on any atom is 0.226 e. The molecule has 120 valence electrons. The van der Waals surface area contributed by atoms with Crippen LogP contribution >= 0.6 is 0 Å². The van der Waals surface area contributed by atoms with Crippen LogP contribution in [0.1, 0.15) is 38.7 Å². The summed E-state index contributed by atoms with van der Waals surface area (Å²) in [5, 5.41) is 0. The van der Waals surface area contributed by atoms with Gasteiger partial charge in [0.2, 0.25) is 11.8 Å². The van der Waals surface area contributed by atoms with Gasteiger partial charge in [0.05, 0.1) is 0 Å². The lowest BCUT2D eigenvalue weighted by Crippen LogP contribution is -2.44. The summed E-state index contributed by atoms with van der Waals surface area (Å²) in [6.07, 6.45) is 2.12. The zero-order valence-corrected chi connectivity index (χ0v) is 13.6. The molecule has 0 spiro atoms. The molecule has 1 aliphatic rings. The number of carbonyl (C=O) groups is 2. The van der Waals surface area contributed by atoms with Crippen molar-refractivity contribution in [3.63, 3.8) is 0 Å². The summed E-state index contributed by atoms with van der Waals surface area (Å²) in [5.74, 6) is 0.488. The maximum atomic E-state index is 12.7. The molecule has 4 heteroatoms. The van der Waals surface area contributed by atoms with E-state index in [1.165, 1.54) is 0 Å². The van der Waals surface area contributed by atoms with Crippen LogP contribution in [-0.2, 0) is 16.1 Å². The zero-order chi connectivity index (χ0) is 15.9. The van der Waals surface area contributed by atoms with Gasteiger partial charge in [-0.05, 0) is 25.3 Å². The van der Waals surface area contributed by atoms with E-state index >= 15 is 0 Å². The van der Waals surface area contributed by atoms with Crippen molar-refractivity contribution in [2.24, 2.45) is 5.92 Å². The lowest BCUT2D eigenvalue weighted by atomic mass is 9.94. The van der Waals surface area contributed by atoms with E-state index in [-0.39, 0.29) is 17.7 Å². The smallest absolute Gasteiger partial charge is 0.226 e. The zero-order valence-electron chi connectivity index (χ0n) is 13.6.